The molecule has 0 amide bonds. The van der Waals surface area contributed by atoms with Crippen LogP contribution in [0.3, 0.4) is 0 Å². The van der Waals surface area contributed by atoms with Crippen LogP contribution in [0.5, 0.6) is 0 Å². The van der Waals surface area contributed by atoms with Gasteiger partial charge in [-0.3, -0.25) is 4.79 Å². The number of unbranched alkanes of at least 4 members (excludes halogenated alkanes) is 2. The largest absolute Gasteiger partial charge is 0.478 e. The quantitative estimate of drug-likeness (QED) is 0.507. The molecule has 0 aromatic heterocycles. The number of aliphatic hydroxyl groups excluding tert-OH is 1. The van der Waals surface area contributed by atoms with Gasteiger partial charge in [0.2, 0.25) is 0 Å². The van der Waals surface area contributed by atoms with Crippen LogP contribution >= 0.6 is 0 Å². The van der Waals surface area contributed by atoms with Crippen molar-refractivity contribution in [2.24, 2.45) is 5.92 Å². The first-order valence-electron chi connectivity index (χ1n) is 8.01. The summed E-state index contributed by atoms with van der Waals surface area (Å²) in [5.41, 5.74) is 0.584. The number of aliphatic hydroxyl groups is 1. The van der Waals surface area contributed by atoms with E-state index in [1.807, 2.05) is 0 Å². The Morgan fingerprint density at radius 2 is 1.77 bits per heavy atom. The third-order valence-electron chi connectivity index (χ3n) is 3.85. The van der Waals surface area contributed by atoms with E-state index in [0.717, 1.165) is 25.7 Å². The third-order valence-corrected chi connectivity index (χ3v) is 3.85. The Bertz CT molecular complexity index is 494. The van der Waals surface area contributed by atoms with Crippen molar-refractivity contribution in [2.75, 3.05) is 0 Å². The smallest absolute Gasteiger partial charge is 0.335 e. The molecule has 22 heavy (non-hydrogen) atoms. The van der Waals surface area contributed by atoms with Gasteiger partial charge >= 0.3 is 5.97 Å². The van der Waals surface area contributed by atoms with E-state index < -0.39 is 12.1 Å². The summed E-state index contributed by atoms with van der Waals surface area (Å²) in [6, 6.07) is 6.21. The van der Waals surface area contributed by atoms with Crippen molar-refractivity contribution < 1.29 is 19.8 Å². The van der Waals surface area contributed by atoms with Gasteiger partial charge in [-0.25, -0.2) is 4.79 Å². The number of benzene rings is 1. The highest BCUT2D eigenvalue weighted by Crippen LogP contribution is 2.22. The van der Waals surface area contributed by atoms with Crippen LogP contribution in [0.1, 0.15) is 73.1 Å². The number of carbonyl (C=O) groups is 2. The number of hydrogen-bond donors (Lipinski definition) is 2. The number of hydrogen-bond acceptors (Lipinski definition) is 3. The number of carbonyl (C=O) groups excluding carboxylic acids is 1. The lowest BCUT2D eigenvalue weighted by Crippen LogP contribution is -2.17. The molecule has 1 rings (SSSR count). The summed E-state index contributed by atoms with van der Waals surface area (Å²) in [6.07, 6.45) is 4.73. The molecule has 0 bridgehead atoms. The van der Waals surface area contributed by atoms with Gasteiger partial charge in [0.1, 0.15) is 0 Å². The first-order valence-corrected chi connectivity index (χ1v) is 8.01. The molecule has 2 unspecified atom stereocenters. The predicted molar refractivity (Wildman–Crippen MR) is 86.3 cm³/mol. The van der Waals surface area contributed by atoms with Crippen molar-refractivity contribution in [3.63, 3.8) is 0 Å². The summed E-state index contributed by atoms with van der Waals surface area (Å²) in [4.78, 5) is 23.7. The van der Waals surface area contributed by atoms with Crippen LogP contribution in [-0.4, -0.2) is 28.1 Å². The molecule has 0 spiro atoms. The molecule has 2 N–H and O–H groups in total. The van der Waals surface area contributed by atoms with Crippen molar-refractivity contribution in [1.82, 2.24) is 0 Å². The number of Topliss-reactive ketones (excluding diaryl/α,β-unsaturated/α-hetero) is 1. The average molecular weight is 306 g/mol. The molecule has 122 valence electrons. The minimum Gasteiger partial charge on any atom is -0.478 e. The van der Waals surface area contributed by atoms with Gasteiger partial charge in [0.25, 0.3) is 0 Å². The van der Waals surface area contributed by atoms with Crippen LogP contribution in [0.25, 0.3) is 0 Å². The molecule has 0 aliphatic carbocycles. The number of aromatic carboxylic acids is 1. The van der Waals surface area contributed by atoms with Crippen LogP contribution in [0, 0.1) is 5.92 Å². The number of ketones is 1. The second-order valence-corrected chi connectivity index (χ2v) is 5.87. The fourth-order valence-corrected chi connectivity index (χ4v) is 2.53. The van der Waals surface area contributed by atoms with E-state index in [-0.39, 0.29) is 17.3 Å². The van der Waals surface area contributed by atoms with Crippen LogP contribution in [-0.2, 0) is 0 Å². The number of rotatable bonds is 10. The molecule has 2 atom stereocenters. The molecule has 4 nitrogen and oxygen atoms in total. The van der Waals surface area contributed by atoms with Gasteiger partial charge < -0.3 is 10.2 Å². The topological polar surface area (TPSA) is 74.6 Å². The van der Waals surface area contributed by atoms with Gasteiger partial charge in [0.05, 0.1) is 11.7 Å². The van der Waals surface area contributed by atoms with Crippen molar-refractivity contribution in [1.29, 1.82) is 0 Å². The molecule has 0 aliphatic heterocycles. The van der Waals surface area contributed by atoms with Crippen molar-refractivity contribution in [3.05, 3.63) is 35.4 Å². The Balaban J connectivity index is 2.84. The summed E-state index contributed by atoms with van der Waals surface area (Å²) in [5.74, 6) is -1.19. The molecule has 0 fully saturated rings. The number of carboxylic acids is 1. The van der Waals surface area contributed by atoms with Crippen LogP contribution in [0.4, 0.5) is 0 Å². The highest BCUT2D eigenvalue weighted by atomic mass is 16.4. The SMILES string of the molecule is CCCCCC(CCC(C)O)C(=O)c1cccc(C(=O)O)c1. The van der Waals surface area contributed by atoms with Crippen LogP contribution < -0.4 is 0 Å². The van der Waals surface area contributed by atoms with Crippen molar-refractivity contribution in [3.8, 4) is 0 Å². The average Bonchev–Trinajstić information content (AvgIpc) is 2.50. The standard InChI is InChI=1S/C18H26O4/c1-3-4-5-7-14(11-10-13(2)19)17(20)15-8-6-9-16(12-15)18(21)22/h6,8-9,12-14,19H,3-5,7,10-11H2,1-2H3,(H,21,22). The molecule has 1 aromatic rings. The lowest BCUT2D eigenvalue weighted by Gasteiger charge is -2.17. The van der Waals surface area contributed by atoms with Gasteiger partial charge in [0.15, 0.2) is 5.78 Å². The second kappa shape index (κ2) is 9.36. The third kappa shape index (κ3) is 5.98. The van der Waals surface area contributed by atoms with Crippen molar-refractivity contribution >= 4 is 11.8 Å². The van der Waals surface area contributed by atoms with Gasteiger partial charge in [0, 0.05) is 11.5 Å². The molecule has 0 saturated carbocycles. The molecule has 0 radical (unpaired) electrons. The van der Waals surface area contributed by atoms with Gasteiger partial charge in [-0.1, -0.05) is 38.3 Å². The minimum absolute atomic E-state index is 0.0140. The predicted octanol–water partition coefficient (Wildman–Crippen LogP) is 3.93. The van der Waals surface area contributed by atoms with Crippen LogP contribution in [0.2, 0.25) is 0 Å². The zero-order chi connectivity index (χ0) is 16.5. The second-order valence-electron chi connectivity index (χ2n) is 5.87. The maximum Gasteiger partial charge on any atom is 0.335 e. The van der Waals surface area contributed by atoms with E-state index in [1.165, 1.54) is 12.1 Å². The lowest BCUT2D eigenvalue weighted by molar-refractivity contribution is 0.0697. The fourth-order valence-electron chi connectivity index (χ4n) is 2.53. The monoisotopic (exact) mass is 306 g/mol. The summed E-state index contributed by atoms with van der Waals surface area (Å²) >= 11 is 0. The summed E-state index contributed by atoms with van der Waals surface area (Å²) in [5, 5.41) is 18.5. The maximum atomic E-state index is 12.7. The lowest BCUT2D eigenvalue weighted by atomic mass is 9.87. The van der Waals surface area contributed by atoms with Gasteiger partial charge in [-0.2, -0.15) is 0 Å². The van der Waals surface area contributed by atoms with E-state index in [0.29, 0.717) is 18.4 Å². The summed E-state index contributed by atoms with van der Waals surface area (Å²) in [7, 11) is 0. The summed E-state index contributed by atoms with van der Waals surface area (Å²) in [6.45, 7) is 3.83. The Kier molecular flexibility index (Phi) is 7.82. The molecule has 1 aromatic carbocycles. The van der Waals surface area contributed by atoms with E-state index in [2.05, 4.69) is 6.92 Å². The van der Waals surface area contributed by atoms with E-state index in [1.54, 1.807) is 19.1 Å². The molecular formula is C18H26O4. The van der Waals surface area contributed by atoms with Crippen molar-refractivity contribution in [2.45, 2.75) is 58.5 Å². The molecule has 4 heteroatoms. The van der Waals surface area contributed by atoms with Gasteiger partial charge in [-0.15, -0.1) is 0 Å². The van der Waals surface area contributed by atoms with E-state index in [4.69, 9.17) is 5.11 Å². The Morgan fingerprint density at radius 1 is 1.09 bits per heavy atom. The van der Waals surface area contributed by atoms with Crippen LogP contribution in [0.15, 0.2) is 24.3 Å². The molecule has 0 saturated heterocycles. The molecule has 0 heterocycles. The fraction of sp³-hybridized carbons (Fsp3) is 0.556. The highest BCUT2D eigenvalue weighted by Gasteiger charge is 2.21. The van der Waals surface area contributed by atoms with E-state index in [9.17, 15) is 14.7 Å². The molecule has 0 aliphatic rings. The zero-order valence-electron chi connectivity index (χ0n) is 13.4. The molecular weight excluding hydrogens is 280 g/mol. The van der Waals surface area contributed by atoms with E-state index >= 15 is 0 Å². The normalized spacial score (nSPS) is 13.6. The maximum absolute atomic E-state index is 12.7. The first-order chi connectivity index (χ1) is 10.5. The minimum atomic E-state index is -1.03. The zero-order valence-corrected chi connectivity index (χ0v) is 13.4. The Labute approximate surface area is 132 Å². The van der Waals surface area contributed by atoms with Gasteiger partial charge in [-0.05, 0) is 38.3 Å². The number of carboxylic acid groups (broad SMARTS) is 1. The Morgan fingerprint density at radius 3 is 2.36 bits per heavy atom. The Hall–Kier alpha value is -1.68. The summed E-state index contributed by atoms with van der Waals surface area (Å²) < 4.78 is 0. The first kappa shape index (κ1) is 18.4. The highest BCUT2D eigenvalue weighted by molar-refractivity contribution is 6.00.